The summed E-state index contributed by atoms with van der Waals surface area (Å²) in [5.74, 6) is 0. The minimum Gasteiger partial charge on any atom is -0.389 e. The van der Waals surface area contributed by atoms with Gasteiger partial charge in [-0.15, -0.1) is 0 Å². The highest BCUT2D eigenvalue weighted by Gasteiger charge is 1.93. The fourth-order valence-corrected chi connectivity index (χ4v) is 1.96. The minimum absolute atomic E-state index is 0.212. The maximum atomic E-state index is 9.19. The van der Waals surface area contributed by atoms with Gasteiger partial charge in [0, 0.05) is 0 Å². The molecule has 0 aromatic rings. The van der Waals surface area contributed by atoms with Crippen molar-refractivity contribution < 1.29 is 5.11 Å². The lowest BCUT2D eigenvalue weighted by atomic mass is 10.2. The fraction of sp³-hybridized carbons (Fsp3) is 0.630. The van der Waals surface area contributed by atoms with E-state index in [0.717, 1.165) is 38.5 Å². The van der Waals surface area contributed by atoms with Gasteiger partial charge in [0.25, 0.3) is 0 Å². The van der Waals surface area contributed by atoms with Crippen LogP contribution in [0.2, 0.25) is 0 Å². The summed E-state index contributed by atoms with van der Waals surface area (Å²) in [4.78, 5) is 0. The second-order valence-electron chi connectivity index (χ2n) is 6.69. The van der Waals surface area contributed by atoms with E-state index in [0.29, 0.717) is 0 Å². The number of aliphatic hydroxyl groups is 1. The highest BCUT2D eigenvalue weighted by Crippen LogP contribution is 1.99. The first-order chi connectivity index (χ1) is 13.6. The first-order valence-corrected chi connectivity index (χ1v) is 11.6. The Labute approximate surface area is 178 Å². The Morgan fingerprint density at radius 3 is 1.75 bits per heavy atom. The molecule has 0 aliphatic carbocycles. The SMILES string of the molecule is C/C=C/C/C=C/CCC.CC/C=C\C=C\CCC.CCC/C=C/[C@H](O)CCC. The summed E-state index contributed by atoms with van der Waals surface area (Å²) in [7, 11) is 0. The minimum atomic E-state index is -0.212. The van der Waals surface area contributed by atoms with Crippen molar-refractivity contribution in [3.05, 3.63) is 60.8 Å². The fourth-order valence-electron chi connectivity index (χ4n) is 1.96. The average molecular weight is 391 g/mol. The molecule has 1 atom stereocenters. The Morgan fingerprint density at radius 1 is 0.643 bits per heavy atom. The number of aliphatic hydroxyl groups excluding tert-OH is 1. The van der Waals surface area contributed by atoms with Gasteiger partial charge in [-0.25, -0.2) is 0 Å². The number of hydrogen-bond acceptors (Lipinski definition) is 1. The number of rotatable bonds is 13. The van der Waals surface area contributed by atoms with Crippen molar-refractivity contribution in [3.63, 3.8) is 0 Å². The lowest BCUT2D eigenvalue weighted by molar-refractivity contribution is 0.211. The quantitative estimate of drug-likeness (QED) is 0.245. The van der Waals surface area contributed by atoms with Gasteiger partial charge in [-0.05, 0) is 45.4 Å². The molecule has 0 saturated heterocycles. The number of hydrogen-bond donors (Lipinski definition) is 1. The summed E-state index contributed by atoms with van der Waals surface area (Å²) < 4.78 is 0. The molecular formula is C27H50O. The van der Waals surface area contributed by atoms with Gasteiger partial charge in [0.2, 0.25) is 0 Å². The van der Waals surface area contributed by atoms with Crippen molar-refractivity contribution in [2.24, 2.45) is 0 Å². The highest BCUT2D eigenvalue weighted by molar-refractivity contribution is 5.01. The summed E-state index contributed by atoms with van der Waals surface area (Å²) in [6, 6.07) is 0. The third-order valence-corrected chi connectivity index (χ3v) is 3.60. The molecule has 0 heterocycles. The van der Waals surface area contributed by atoms with Crippen LogP contribution in [0.4, 0.5) is 0 Å². The van der Waals surface area contributed by atoms with E-state index in [1.54, 1.807) is 0 Å². The Balaban J connectivity index is -0.000000336. The molecular weight excluding hydrogens is 340 g/mol. The molecule has 1 N–H and O–H groups in total. The summed E-state index contributed by atoms with van der Waals surface area (Å²) in [5.41, 5.74) is 0. The molecule has 0 amide bonds. The zero-order chi connectivity index (χ0) is 21.7. The van der Waals surface area contributed by atoms with Gasteiger partial charge in [0.15, 0.2) is 0 Å². The third kappa shape index (κ3) is 39.6. The second kappa shape index (κ2) is 33.3. The van der Waals surface area contributed by atoms with Crippen LogP contribution in [0.3, 0.4) is 0 Å². The van der Waals surface area contributed by atoms with Crippen molar-refractivity contribution in [3.8, 4) is 0 Å². The summed E-state index contributed by atoms with van der Waals surface area (Å²) in [6.07, 6.45) is 32.4. The van der Waals surface area contributed by atoms with Gasteiger partial charge < -0.3 is 5.11 Å². The van der Waals surface area contributed by atoms with E-state index in [-0.39, 0.29) is 6.10 Å². The van der Waals surface area contributed by atoms with Crippen LogP contribution >= 0.6 is 0 Å². The summed E-state index contributed by atoms with van der Waals surface area (Å²) in [6.45, 7) is 12.8. The second-order valence-corrected chi connectivity index (χ2v) is 6.69. The molecule has 0 spiro atoms. The van der Waals surface area contributed by atoms with E-state index in [2.05, 4.69) is 89.3 Å². The van der Waals surface area contributed by atoms with Crippen LogP contribution in [-0.2, 0) is 0 Å². The van der Waals surface area contributed by atoms with Crippen LogP contribution < -0.4 is 0 Å². The normalized spacial score (nSPS) is 12.7. The Morgan fingerprint density at radius 2 is 1.21 bits per heavy atom. The largest absolute Gasteiger partial charge is 0.389 e. The first kappa shape index (κ1) is 31.4. The molecule has 0 radical (unpaired) electrons. The molecule has 0 aromatic carbocycles. The molecule has 0 bridgehead atoms. The van der Waals surface area contributed by atoms with Crippen LogP contribution in [-0.4, -0.2) is 11.2 Å². The zero-order valence-electron chi connectivity index (χ0n) is 19.9. The molecule has 0 rings (SSSR count). The Bertz CT molecular complexity index is 385. The van der Waals surface area contributed by atoms with Crippen LogP contribution in [0.25, 0.3) is 0 Å². The molecule has 0 aromatic heterocycles. The molecule has 0 aliphatic heterocycles. The molecule has 0 saturated carbocycles. The van der Waals surface area contributed by atoms with Gasteiger partial charge in [-0.2, -0.15) is 0 Å². The molecule has 1 heteroatoms. The molecule has 164 valence electrons. The van der Waals surface area contributed by atoms with Gasteiger partial charge in [-0.1, -0.05) is 121 Å². The van der Waals surface area contributed by atoms with E-state index >= 15 is 0 Å². The maximum absolute atomic E-state index is 9.19. The van der Waals surface area contributed by atoms with Crippen molar-refractivity contribution in [2.45, 2.75) is 112 Å². The van der Waals surface area contributed by atoms with Crippen molar-refractivity contribution in [1.29, 1.82) is 0 Å². The van der Waals surface area contributed by atoms with Crippen LogP contribution in [0.1, 0.15) is 106 Å². The van der Waals surface area contributed by atoms with Crippen molar-refractivity contribution in [2.75, 3.05) is 0 Å². The molecule has 0 unspecified atom stereocenters. The molecule has 0 fully saturated rings. The van der Waals surface area contributed by atoms with E-state index in [9.17, 15) is 5.11 Å². The number of unbranched alkanes of at least 4 members (excludes halogenated alkanes) is 3. The van der Waals surface area contributed by atoms with Gasteiger partial charge in [0.1, 0.15) is 0 Å². The topological polar surface area (TPSA) is 20.2 Å². The van der Waals surface area contributed by atoms with E-state index in [1.165, 1.54) is 25.7 Å². The number of allylic oxidation sites excluding steroid dienone is 9. The monoisotopic (exact) mass is 390 g/mol. The van der Waals surface area contributed by atoms with E-state index < -0.39 is 0 Å². The van der Waals surface area contributed by atoms with Crippen LogP contribution in [0.5, 0.6) is 0 Å². The van der Waals surface area contributed by atoms with Crippen molar-refractivity contribution in [1.82, 2.24) is 0 Å². The van der Waals surface area contributed by atoms with Gasteiger partial charge in [-0.3, -0.25) is 0 Å². The molecule has 0 aliphatic rings. The first-order valence-electron chi connectivity index (χ1n) is 11.6. The van der Waals surface area contributed by atoms with E-state index in [4.69, 9.17) is 0 Å². The third-order valence-electron chi connectivity index (χ3n) is 3.60. The lowest BCUT2D eigenvalue weighted by Gasteiger charge is -2.00. The summed E-state index contributed by atoms with van der Waals surface area (Å²) >= 11 is 0. The van der Waals surface area contributed by atoms with Crippen molar-refractivity contribution >= 4 is 0 Å². The average Bonchev–Trinajstić information content (AvgIpc) is 2.69. The Kier molecular flexibility index (Phi) is 37.2. The lowest BCUT2D eigenvalue weighted by Crippen LogP contribution is -1.99. The molecule has 28 heavy (non-hydrogen) atoms. The molecule has 1 nitrogen and oxygen atoms in total. The maximum Gasteiger partial charge on any atom is 0.0720 e. The zero-order valence-corrected chi connectivity index (χ0v) is 19.9. The van der Waals surface area contributed by atoms with Gasteiger partial charge >= 0.3 is 0 Å². The highest BCUT2D eigenvalue weighted by atomic mass is 16.3. The van der Waals surface area contributed by atoms with E-state index in [1.807, 2.05) is 13.0 Å². The predicted octanol–water partition coefficient (Wildman–Crippen LogP) is 9.12. The Hall–Kier alpha value is -1.34. The van der Waals surface area contributed by atoms with Crippen LogP contribution in [0.15, 0.2) is 60.8 Å². The standard InChI is InChI=1S/C9H18O.2C9H16/c1-3-5-6-8-9(10)7-4-2;2*1-3-5-7-9-8-6-4-2/h6,8-10H,3-5,7H2,1-2H3;5,7-9H,3-4,6H2,1-2H3;3,5,8-9H,4,6-7H2,1-2H3/b8-6+;7-5-,9-8+;5-3+,9-8+/t9-;;/m1../s1. The van der Waals surface area contributed by atoms with Crippen LogP contribution in [0, 0.1) is 0 Å². The predicted molar refractivity (Wildman–Crippen MR) is 132 cm³/mol. The smallest absolute Gasteiger partial charge is 0.0720 e. The van der Waals surface area contributed by atoms with Gasteiger partial charge in [0.05, 0.1) is 6.10 Å². The summed E-state index contributed by atoms with van der Waals surface area (Å²) in [5, 5.41) is 9.19.